The standard InChI is InChI=1S/C16H21N3O3S/c1-3-18(12-17)16(20)15-6-4-5-11-19(15)23(21,22)14-9-7-13(2)8-10-14/h7-10,15H,3-6,11H2,1-2H3. The average molecular weight is 335 g/mol. The number of hydrogen-bond acceptors (Lipinski definition) is 4. The van der Waals surface area contributed by atoms with Crippen LogP contribution in [-0.2, 0) is 14.8 Å². The predicted octanol–water partition coefficient (Wildman–Crippen LogP) is 1.87. The molecule has 124 valence electrons. The highest BCUT2D eigenvalue weighted by Crippen LogP contribution is 2.26. The first-order valence-corrected chi connectivity index (χ1v) is 9.15. The minimum atomic E-state index is -3.75. The van der Waals surface area contributed by atoms with Crippen LogP contribution < -0.4 is 0 Å². The molecule has 1 amide bonds. The van der Waals surface area contributed by atoms with Crippen molar-refractivity contribution >= 4 is 15.9 Å². The maximum Gasteiger partial charge on any atom is 0.254 e. The summed E-state index contributed by atoms with van der Waals surface area (Å²) in [5, 5.41) is 9.05. The first kappa shape index (κ1) is 17.4. The molecule has 23 heavy (non-hydrogen) atoms. The van der Waals surface area contributed by atoms with Crippen LogP contribution in [0.25, 0.3) is 0 Å². The number of amides is 1. The van der Waals surface area contributed by atoms with Crippen LogP contribution in [0.3, 0.4) is 0 Å². The summed E-state index contributed by atoms with van der Waals surface area (Å²) in [6, 6.07) is 5.79. The van der Waals surface area contributed by atoms with E-state index >= 15 is 0 Å². The van der Waals surface area contributed by atoms with Crippen molar-refractivity contribution in [2.45, 2.75) is 44.0 Å². The van der Waals surface area contributed by atoms with Gasteiger partial charge in [0.1, 0.15) is 6.04 Å². The number of aryl methyl sites for hydroxylation is 1. The Kier molecular flexibility index (Phi) is 5.39. The lowest BCUT2D eigenvalue weighted by Crippen LogP contribution is -2.51. The predicted molar refractivity (Wildman–Crippen MR) is 85.7 cm³/mol. The highest BCUT2D eigenvalue weighted by molar-refractivity contribution is 7.89. The molecule has 0 aliphatic carbocycles. The van der Waals surface area contributed by atoms with Crippen LogP contribution in [0, 0.1) is 18.4 Å². The molecule has 7 heteroatoms. The quantitative estimate of drug-likeness (QED) is 0.621. The molecule has 2 rings (SSSR count). The summed E-state index contributed by atoms with van der Waals surface area (Å²) < 4.78 is 27.0. The van der Waals surface area contributed by atoms with Crippen LogP contribution in [0.1, 0.15) is 31.7 Å². The number of hydrogen-bond donors (Lipinski definition) is 0. The second kappa shape index (κ2) is 7.11. The van der Waals surface area contributed by atoms with Gasteiger partial charge in [-0.3, -0.25) is 4.79 Å². The van der Waals surface area contributed by atoms with Gasteiger partial charge in [-0.25, -0.2) is 13.3 Å². The SMILES string of the molecule is CCN(C#N)C(=O)C1CCCCN1S(=O)(=O)c1ccc(C)cc1. The van der Waals surface area contributed by atoms with Gasteiger partial charge in [0.05, 0.1) is 4.90 Å². The molecular weight excluding hydrogens is 314 g/mol. The van der Waals surface area contributed by atoms with Gasteiger partial charge in [0.15, 0.2) is 6.19 Å². The third-order valence-electron chi connectivity index (χ3n) is 4.07. The average Bonchev–Trinajstić information content (AvgIpc) is 2.56. The second-order valence-electron chi connectivity index (χ2n) is 5.62. The molecule has 0 N–H and O–H groups in total. The molecule has 1 aromatic carbocycles. The van der Waals surface area contributed by atoms with Crippen molar-refractivity contribution in [3.8, 4) is 6.19 Å². The summed E-state index contributed by atoms with van der Waals surface area (Å²) in [5.74, 6) is -0.439. The van der Waals surface area contributed by atoms with Gasteiger partial charge in [-0.05, 0) is 38.8 Å². The zero-order valence-electron chi connectivity index (χ0n) is 13.4. The first-order valence-electron chi connectivity index (χ1n) is 7.71. The Hall–Kier alpha value is -1.91. The number of sulfonamides is 1. The van der Waals surface area contributed by atoms with Gasteiger partial charge in [0.2, 0.25) is 10.0 Å². The molecule has 0 bridgehead atoms. The third-order valence-corrected chi connectivity index (χ3v) is 5.99. The van der Waals surface area contributed by atoms with E-state index < -0.39 is 22.0 Å². The monoisotopic (exact) mass is 335 g/mol. The van der Waals surface area contributed by atoms with Gasteiger partial charge in [-0.2, -0.15) is 9.57 Å². The molecule has 1 fully saturated rings. The largest absolute Gasteiger partial charge is 0.272 e. The molecule has 1 aliphatic rings. The number of likely N-dealkylation sites (N-methyl/N-ethyl adjacent to an activating group) is 1. The van der Waals surface area contributed by atoms with E-state index in [1.165, 1.54) is 4.31 Å². The fraction of sp³-hybridized carbons (Fsp3) is 0.500. The number of carbonyl (C=O) groups excluding carboxylic acids is 1. The van der Waals surface area contributed by atoms with Crippen molar-refractivity contribution in [3.63, 3.8) is 0 Å². The summed E-state index contributed by atoms with van der Waals surface area (Å²) in [6.45, 7) is 4.12. The Balaban J connectivity index is 2.36. The van der Waals surface area contributed by atoms with Crippen LogP contribution >= 0.6 is 0 Å². The van der Waals surface area contributed by atoms with E-state index in [0.717, 1.165) is 16.9 Å². The smallest absolute Gasteiger partial charge is 0.254 e. The molecule has 0 spiro atoms. The Bertz CT molecular complexity index is 707. The minimum Gasteiger partial charge on any atom is -0.272 e. The highest BCUT2D eigenvalue weighted by atomic mass is 32.2. The highest BCUT2D eigenvalue weighted by Gasteiger charge is 2.39. The van der Waals surface area contributed by atoms with Crippen LogP contribution in [0.4, 0.5) is 0 Å². The molecule has 0 radical (unpaired) electrons. The van der Waals surface area contributed by atoms with Crippen molar-refractivity contribution in [3.05, 3.63) is 29.8 Å². The van der Waals surface area contributed by atoms with E-state index in [0.29, 0.717) is 19.4 Å². The van der Waals surface area contributed by atoms with Gasteiger partial charge in [0, 0.05) is 13.1 Å². The number of benzene rings is 1. The van der Waals surface area contributed by atoms with Crippen molar-refractivity contribution in [1.29, 1.82) is 5.26 Å². The van der Waals surface area contributed by atoms with Gasteiger partial charge in [-0.1, -0.05) is 24.1 Å². The molecule has 1 unspecified atom stereocenters. The van der Waals surface area contributed by atoms with E-state index in [1.54, 1.807) is 31.2 Å². The fourth-order valence-electron chi connectivity index (χ4n) is 2.74. The number of rotatable bonds is 4. The fourth-order valence-corrected chi connectivity index (χ4v) is 4.39. The summed E-state index contributed by atoms with van der Waals surface area (Å²) in [6.07, 6.45) is 3.77. The zero-order chi connectivity index (χ0) is 17.0. The van der Waals surface area contributed by atoms with Crippen LogP contribution in [0.2, 0.25) is 0 Å². The molecule has 1 aliphatic heterocycles. The maximum absolute atomic E-state index is 12.9. The Labute approximate surface area is 137 Å². The number of piperidine rings is 1. The second-order valence-corrected chi connectivity index (χ2v) is 7.51. The van der Waals surface area contributed by atoms with Crippen molar-refractivity contribution < 1.29 is 13.2 Å². The molecule has 1 saturated heterocycles. The van der Waals surface area contributed by atoms with Gasteiger partial charge in [-0.15, -0.1) is 0 Å². The maximum atomic E-state index is 12.9. The Morgan fingerprint density at radius 3 is 2.57 bits per heavy atom. The van der Waals surface area contributed by atoms with E-state index in [-0.39, 0.29) is 11.4 Å². The van der Waals surface area contributed by atoms with E-state index in [2.05, 4.69) is 0 Å². The van der Waals surface area contributed by atoms with Crippen LogP contribution in [0.15, 0.2) is 29.2 Å². The first-order chi connectivity index (χ1) is 10.9. The van der Waals surface area contributed by atoms with Crippen molar-refractivity contribution in [2.75, 3.05) is 13.1 Å². The third kappa shape index (κ3) is 3.54. The Morgan fingerprint density at radius 1 is 1.35 bits per heavy atom. The van der Waals surface area contributed by atoms with Crippen molar-refractivity contribution in [2.24, 2.45) is 0 Å². The molecule has 1 heterocycles. The lowest BCUT2D eigenvalue weighted by Gasteiger charge is -2.34. The van der Waals surface area contributed by atoms with E-state index in [9.17, 15) is 13.2 Å². The molecule has 0 aromatic heterocycles. The molecular formula is C16H21N3O3S. The van der Waals surface area contributed by atoms with Crippen molar-refractivity contribution in [1.82, 2.24) is 9.21 Å². The van der Waals surface area contributed by atoms with Gasteiger partial charge >= 0.3 is 0 Å². The summed E-state index contributed by atoms with van der Waals surface area (Å²) in [5.41, 5.74) is 0.969. The molecule has 6 nitrogen and oxygen atoms in total. The normalized spacial score (nSPS) is 19.1. The number of carbonyl (C=O) groups is 1. The number of nitrogens with zero attached hydrogens (tertiary/aromatic N) is 3. The minimum absolute atomic E-state index is 0.183. The molecule has 1 atom stereocenters. The van der Waals surface area contributed by atoms with Gasteiger partial charge in [0.25, 0.3) is 5.91 Å². The Morgan fingerprint density at radius 2 is 2.00 bits per heavy atom. The summed E-state index contributed by atoms with van der Waals surface area (Å²) >= 11 is 0. The summed E-state index contributed by atoms with van der Waals surface area (Å²) in [7, 11) is -3.75. The summed E-state index contributed by atoms with van der Waals surface area (Å²) in [4.78, 5) is 13.7. The van der Waals surface area contributed by atoms with Gasteiger partial charge < -0.3 is 0 Å². The van der Waals surface area contributed by atoms with E-state index in [1.807, 2.05) is 13.1 Å². The number of nitriles is 1. The van der Waals surface area contributed by atoms with Crippen LogP contribution in [-0.4, -0.2) is 42.7 Å². The van der Waals surface area contributed by atoms with E-state index in [4.69, 9.17) is 5.26 Å². The molecule has 1 aromatic rings. The lowest BCUT2D eigenvalue weighted by molar-refractivity contribution is -0.132. The zero-order valence-corrected chi connectivity index (χ0v) is 14.2. The molecule has 0 saturated carbocycles. The lowest BCUT2D eigenvalue weighted by atomic mass is 10.0. The topological polar surface area (TPSA) is 81.5 Å². The van der Waals surface area contributed by atoms with Crippen LogP contribution in [0.5, 0.6) is 0 Å².